The fourth-order valence-electron chi connectivity index (χ4n) is 1.82. The van der Waals surface area contributed by atoms with Gasteiger partial charge < -0.3 is 14.5 Å². The highest BCUT2D eigenvalue weighted by molar-refractivity contribution is 9.10. The van der Waals surface area contributed by atoms with Crippen LogP contribution in [-0.2, 0) is 11.2 Å². The van der Waals surface area contributed by atoms with Crippen LogP contribution in [0.15, 0.2) is 51.6 Å². The van der Waals surface area contributed by atoms with Crippen LogP contribution in [0, 0.1) is 0 Å². The average Bonchev–Trinajstić information content (AvgIpc) is 2.99. The number of carbonyl (C=O) groups is 1. The fourth-order valence-corrected chi connectivity index (χ4v) is 2.09. The van der Waals surface area contributed by atoms with Gasteiger partial charge in [0.2, 0.25) is 5.91 Å². The third kappa shape index (κ3) is 6.04. The third-order valence-electron chi connectivity index (χ3n) is 2.90. The number of halogens is 1. The van der Waals surface area contributed by atoms with Crippen LogP contribution in [0.1, 0.15) is 18.6 Å². The van der Waals surface area contributed by atoms with E-state index in [1.807, 2.05) is 36.4 Å². The molecule has 0 spiro atoms. The summed E-state index contributed by atoms with van der Waals surface area (Å²) >= 11 is 3.37. The summed E-state index contributed by atoms with van der Waals surface area (Å²) in [6.07, 6.45) is 3.52. The molecule has 0 aliphatic rings. The lowest BCUT2D eigenvalue weighted by molar-refractivity contribution is -0.121. The minimum Gasteiger partial charge on any atom is -0.494 e. The first-order valence-corrected chi connectivity index (χ1v) is 7.71. The maximum Gasteiger partial charge on any atom is 0.220 e. The van der Waals surface area contributed by atoms with Gasteiger partial charge in [0.1, 0.15) is 11.5 Å². The number of rotatable bonds is 8. The van der Waals surface area contributed by atoms with E-state index < -0.39 is 0 Å². The van der Waals surface area contributed by atoms with Crippen LogP contribution < -0.4 is 10.1 Å². The Balaban J connectivity index is 1.53. The first-order chi connectivity index (χ1) is 10.2. The lowest BCUT2D eigenvalue weighted by atomic mass is 10.3. The molecule has 0 fully saturated rings. The van der Waals surface area contributed by atoms with E-state index in [9.17, 15) is 4.79 Å². The van der Waals surface area contributed by atoms with E-state index >= 15 is 0 Å². The van der Waals surface area contributed by atoms with Gasteiger partial charge >= 0.3 is 0 Å². The molecule has 2 rings (SSSR count). The molecule has 0 radical (unpaired) electrons. The molecule has 0 unspecified atom stereocenters. The number of hydrogen-bond donors (Lipinski definition) is 1. The lowest BCUT2D eigenvalue weighted by Gasteiger charge is -2.06. The summed E-state index contributed by atoms with van der Waals surface area (Å²) in [5.74, 6) is 1.74. The number of ether oxygens (including phenoxy) is 1. The van der Waals surface area contributed by atoms with E-state index in [1.54, 1.807) is 6.26 Å². The summed E-state index contributed by atoms with van der Waals surface area (Å²) in [4.78, 5) is 11.6. The van der Waals surface area contributed by atoms with Crippen molar-refractivity contribution in [1.29, 1.82) is 0 Å². The third-order valence-corrected chi connectivity index (χ3v) is 3.43. The zero-order valence-corrected chi connectivity index (χ0v) is 13.3. The van der Waals surface area contributed by atoms with Gasteiger partial charge in [-0.1, -0.05) is 15.9 Å². The molecule has 4 nitrogen and oxygen atoms in total. The van der Waals surface area contributed by atoms with Gasteiger partial charge in [0.25, 0.3) is 0 Å². The Kier molecular flexibility index (Phi) is 6.34. The molecule has 1 heterocycles. The number of amides is 1. The molecule has 1 N–H and O–H groups in total. The van der Waals surface area contributed by atoms with Crippen LogP contribution >= 0.6 is 15.9 Å². The highest BCUT2D eigenvalue weighted by Crippen LogP contribution is 2.16. The topological polar surface area (TPSA) is 51.5 Å². The van der Waals surface area contributed by atoms with Gasteiger partial charge in [0.15, 0.2) is 0 Å². The highest BCUT2D eigenvalue weighted by atomic mass is 79.9. The van der Waals surface area contributed by atoms with Crippen molar-refractivity contribution in [2.45, 2.75) is 19.3 Å². The van der Waals surface area contributed by atoms with Gasteiger partial charge in [-0.3, -0.25) is 4.79 Å². The Morgan fingerprint density at radius 1 is 1.24 bits per heavy atom. The summed E-state index contributed by atoms with van der Waals surface area (Å²) < 4.78 is 11.8. The van der Waals surface area contributed by atoms with Crippen molar-refractivity contribution in [2.75, 3.05) is 13.2 Å². The van der Waals surface area contributed by atoms with Crippen LogP contribution in [0.2, 0.25) is 0 Å². The Bertz CT molecular complexity index is 537. The Labute approximate surface area is 132 Å². The minimum atomic E-state index is 0.0426. The van der Waals surface area contributed by atoms with E-state index in [0.717, 1.165) is 16.0 Å². The quantitative estimate of drug-likeness (QED) is 0.739. The van der Waals surface area contributed by atoms with Gasteiger partial charge in [-0.2, -0.15) is 0 Å². The first kappa shape index (κ1) is 15.6. The number of benzene rings is 1. The summed E-state index contributed by atoms with van der Waals surface area (Å²) in [7, 11) is 0. The molecule has 2 aromatic rings. The second-order valence-electron chi connectivity index (χ2n) is 4.59. The SMILES string of the molecule is O=C(CCCOc1ccc(Br)cc1)NCCc1ccco1. The smallest absolute Gasteiger partial charge is 0.220 e. The predicted molar refractivity (Wildman–Crippen MR) is 84.3 cm³/mol. The van der Waals surface area contributed by atoms with Crippen molar-refractivity contribution >= 4 is 21.8 Å². The van der Waals surface area contributed by atoms with E-state index in [4.69, 9.17) is 9.15 Å². The van der Waals surface area contributed by atoms with Crippen LogP contribution in [0.5, 0.6) is 5.75 Å². The predicted octanol–water partition coefficient (Wildman–Crippen LogP) is 3.56. The average molecular weight is 352 g/mol. The van der Waals surface area contributed by atoms with Crippen molar-refractivity contribution in [1.82, 2.24) is 5.32 Å². The van der Waals surface area contributed by atoms with Crippen molar-refractivity contribution in [3.63, 3.8) is 0 Å². The number of furan rings is 1. The number of nitrogens with one attached hydrogen (secondary N) is 1. The van der Waals surface area contributed by atoms with Gasteiger partial charge in [-0.05, 0) is 42.8 Å². The summed E-state index contributed by atoms with van der Waals surface area (Å²) in [5.41, 5.74) is 0. The zero-order chi connectivity index (χ0) is 14.9. The molecule has 0 saturated carbocycles. The molecule has 0 saturated heterocycles. The standard InChI is InChI=1S/C16H18BrNO3/c17-13-5-7-15(8-6-13)21-12-2-4-16(19)18-10-9-14-3-1-11-20-14/h1,3,5-8,11H,2,4,9-10,12H2,(H,18,19). The van der Waals surface area contributed by atoms with Crippen LogP contribution in [0.4, 0.5) is 0 Å². The largest absolute Gasteiger partial charge is 0.494 e. The van der Waals surface area contributed by atoms with Crippen molar-refractivity contribution in [3.8, 4) is 5.75 Å². The molecule has 112 valence electrons. The maximum absolute atomic E-state index is 11.6. The van der Waals surface area contributed by atoms with Crippen LogP contribution in [0.25, 0.3) is 0 Å². The second kappa shape index (κ2) is 8.52. The van der Waals surface area contributed by atoms with E-state index in [1.165, 1.54) is 0 Å². The molecule has 0 bridgehead atoms. The Morgan fingerprint density at radius 3 is 2.76 bits per heavy atom. The van der Waals surface area contributed by atoms with Crippen molar-refractivity contribution in [2.24, 2.45) is 0 Å². The summed E-state index contributed by atoms with van der Waals surface area (Å²) in [5, 5.41) is 2.87. The van der Waals surface area contributed by atoms with Gasteiger partial charge in [0.05, 0.1) is 12.9 Å². The molecular weight excluding hydrogens is 334 g/mol. The number of hydrogen-bond acceptors (Lipinski definition) is 3. The number of carbonyl (C=O) groups excluding carboxylic acids is 1. The maximum atomic E-state index is 11.6. The Morgan fingerprint density at radius 2 is 2.05 bits per heavy atom. The molecule has 0 atom stereocenters. The minimum absolute atomic E-state index is 0.0426. The lowest BCUT2D eigenvalue weighted by Crippen LogP contribution is -2.25. The van der Waals surface area contributed by atoms with Crippen LogP contribution in [-0.4, -0.2) is 19.1 Å². The second-order valence-corrected chi connectivity index (χ2v) is 5.50. The van der Waals surface area contributed by atoms with Gasteiger partial charge in [-0.25, -0.2) is 0 Å². The molecule has 1 amide bonds. The molecule has 0 aliphatic carbocycles. The van der Waals surface area contributed by atoms with E-state index in [-0.39, 0.29) is 5.91 Å². The summed E-state index contributed by atoms with van der Waals surface area (Å²) in [6.45, 7) is 1.13. The monoisotopic (exact) mass is 351 g/mol. The first-order valence-electron chi connectivity index (χ1n) is 6.91. The van der Waals surface area contributed by atoms with Crippen molar-refractivity contribution in [3.05, 3.63) is 52.9 Å². The van der Waals surface area contributed by atoms with Crippen molar-refractivity contribution < 1.29 is 13.9 Å². The zero-order valence-electron chi connectivity index (χ0n) is 11.7. The summed E-state index contributed by atoms with van der Waals surface area (Å²) in [6, 6.07) is 11.4. The van der Waals surface area contributed by atoms with Gasteiger partial charge in [0, 0.05) is 23.9 Å². The van der Waals surface area contributed by atoms with Crippen LogP contribution in [0.3, 0.4) is 0 Å². The fraction of sp³-hybridized carbons (Fsp3) is 0.312. The normalized spacial score (nSPS) is 10.3. The molecular formula is C16H18BrNO3. The molecule has 21 heavy (non-hydrogen) atoms. The molecule has 1 aromatic carbocycles. The molecule has 5 heteroatoms. The molecule has 1 aromatic heterocycles. The molecule has 0 aliphatic heterocycles. The van der Waals surface area contributed by atoms with Gasteiger partial charge in [-0.15, -0.1) is 0 Å². The van der Waals surface area contributed by atoms with E-state index in [2.05, 4.69) is 21.2 Å². The Hall–Kier alpha value is -1.75. The highest BCUT2D eigenvalue weighted by Gasteiger charge is 2.02. The van der Waals surface area contributed by atoms with E-state index in [0.29, 0.717) is 32.4 Å².